The van der Waals surface area contributed by atoms with Gasteiger partial charge in [0.2, 0.25) is 0 Å². The molecule has 1 atom stereocenters. The maximum atomic E-state index is 13.1. The van der Waals surface area contributed by atoms with Gasteiger partial charge in [0.05, 0.1) is 42.3 Å². The van der Waals surface area contributed by atoms with Gasteiger partial charge in [0.1, 0.15) is 6.33 Å². The molecular weight excluding hydrogens is 494 g/mol. The van der Waals surface area contributed by atoms with Gasteiger partial charge in [0, 0.05) is 18.7 Å². The largest absolute Gasteiger partial charge is 0.416 e. The van der Waals surface area contributed by atoms with E-state index < -0.39 is 41.0 Å². The molecule has 3 aromatic rings. The number of ether oxygens (including phenoxy) is 1. The number of morpholine rings is 1. The number of nitrogens with one attached hydrogen (secondary N) is 1. The molecule has 1 amide bonds. The number of anilines is 1. The predicted molar refractivity (Wildman–Crippen MR) is 115 cm³/mol. The van der Waals surface area contributed by atoms with Crippen molar-refractivity contribution in [1.82, 2.24) is 25.1 Å². The minimum absolute atomic E-state index is 0.0386. The Labute approximate surface area is 200 Å². The molecule has 1 aliphatic heterocycles. The molecular formula is C22H20F6N6O2. The number of carbonyl (C=O) groups excluding carboxylic acids is 1. The van der Waals surface area contributed by atoms with Crippen molar-refractivity contribution in [3.8, 4) is 5.82 Å². The highest BCUT2D eigenvalue weighted by atomic mass is 19.4. The lowest BCUT2D eigenvalue weighted by Crippen LogP contribution is -2.36. The van der Waals surface area contributed by atoms with E-state index in [1.165, 1.54) is 17.9 Å². The molecule has 192 valence electrons. The maximum Gasteiger partial charge on any atom is 0.416 e. The van der Waals surface area contributed by atoms with E-state index >= 15 is 0 Å². The van der Waals surface area contributed by atoms with Gasteiger partial charge in [-0.05, 0) is 37.3 Å². The number of hydrogen-bond donors (Lipinski definition) is 1. The zero-order chi connectivity index (χ0) is 26.1. The minimum atomic E-state index is -5.07. The number of halogens is 6. The van der Waals surface area contributed by atoms with Gasteiger partial charge in [-0.15, -0.1) is 0 Å². The number of amides is 1. The van der Waals surface area contributed by atoms with Crippen molar-refractivity contribution in [3.05, 3.63) is 65.4 Å². The number of pyridine rings is 1. The van der Waals surface area contributed by atoms with Crippen molar-refractivity contribution in [2.45, 2.75) is 25.3 Å². The first kappa shape index (κ1) is 25.4. The second kappa shape index (κ2) is 9.76. The van der Waals surface area contributed by atoms with Crippen LogP contribution in [0.5, 0.6) is 0 Å². The summed E-state index contributed by atoms with van der Waals surface area (Å²) < 4.78 is 85.5. The summed E-state index contributed by atoms with van der Waals surface area (Å²) in [5, 5.41) is 6.47. The number of aromatic nitrogens is 4. The van der Waals surface area contributed by atoms with Gasteiger partial charge >= 0.3 is 12.4 Å². The zero-order valence-electron chi connectivity index (χ0n) is 18.8. The van der Waals surface area contributed by atoms with Gasteiger partial charge in [-0.25, -0.2) is 9.97 Å². The van der Waals surface area contributed by atoms with Gasteiger partial charge in [-0.1, -0.05) is 0 Å². The molecule has 4 rings (SSSR count). The Morgan fingerprint density at radius 3 is 2.19 bits per heavy atom. The van der Waals surface area contributed by atoms with E-state index in [0.29, 0.717) is 44.3 Å². The fourth-order valence-corrected chi connectivity index (χ4v) is 3.66. The average Bonchev–Trinajstić information content (AvgIpc) is 3.33. The van der Waals surface area contributed by atoms with E-state index in [9.17, 15) is 31.1 Å². The van der Waals surface area contributed by atoms with Crippen molar-refractivity contribution < 1.29 is 35.9 Å². The maximum absolute atomic E-state index is 13.1. The van der Waals surface area contributed by atoms with E-state index in [0.717, 1.165) is 5.69 Å². The lowest BCUT2D eigenvalue weighted by Gasteiger charge is -2.28. The van der Waals surface area contributed by atoms with E-state index in [2.05, 4.69) is 25.3 Å². The fourth-order valence-electron chi connectivity index (χ4n) is 3.66. The highest BCUT2D eigenvalue weighted by Crippen LogP contribution is 2.36. The van der Waals surface area contributed by atoms with Crippen LogP contribution in [0.25, 0.3) is 5.82 Å². The highest BCUT2D eigenvalue weighted by molar-refractivity contribution is 5.94. The SMILES string of the molecule is C[C@H](NC(=O)c1cc(C(F)(F)F)cc(C(F)(F)F)c1)c1ncnn1-c1ccc(N2CCOCC2)cn1. The summed E-state index contributed by atoms with van der Waals surface area (Å²) in [5.74, 6) is -0.596. The molecule has 1 N–H and O–H groups in total. The molecule has 1 fully saturated rings. The molecule has 36 heavy (non-hydrogen) atoms. The van der Waals surface area contributed by atoms with Crippen molar-refractivity contribution in [2.24, 2.45) is 0 Å². The summed E-state index contributed by atoms with van der Waals surface area (Å²) >= 11 is 0. The van der Waals surface area contributed by atoms with Gasteiger partial charge in [-0.3, -0.25) is 4.79 Å². The number of alkyl halides is 6. The number of nitrogens with zero attached hydrogens (tertiary/aromatic N) is 5. The Morgan fingerprint density at radius 2 is 1.64 bits per heavy atom. The third kappa shape index (κ3) is 5.58. The molecule has 0 aliphatic carbocycles. The van der Waals surface area contributed by atoms with Crippen molar-refractivity contribution in [3.63, 3.8) is 0 Å². The summed E-state index contributed by atoms with van der Waals surface area (Å²) in [6.07, 6.45) is -7.31. The Bertz CT molecular complexity index is 1190. The molecule has 1 aromatic carbocycles. The topological polar surface area (TPSA) is 85.2 Å². The molecule has 0 spiro atoms. The lowest BCUT2D eigenvalue weighted by atomic mass is 10.0. The molecule has 3 heterocycles. The lowest BCUT2D eigenvalue weighted by molar-refractivity contribution is -0.143. The van der Waals surface area contributed by atoms with Gasteiger partial charge in [0.15, 0.2) is 11.6 Å². The first-order valence-corrected chi connectivity index (χ1v) is 10.7. The van der Waals surface area contributed by atoms with Crippen LogP contribution in [0.3, 0.4) is 0 Å². The number of carbonyl (C=O) groups is 1. The number of benzene rings is 1. The Balaban J connectivity index is 1.55. The van der Waals surface area contributed by atoms with Gasteiger partial charge in [-0.2, -0.15) is 36.1 Å². The third-order valence-electron chi connectivity index (χ3n) is 5.48. The summed E-state index contributed by atoms with van der Waals surface area (Å²) in [5.41, 5.74) is -3.08. The molecule has 0 saturated carbocycles. The standard InChI is InChI=1S/C22H20F6N6O2/c1-13(32-20(35)14-8-15(21(23,24)25)10-16(9-14)22(26,27)28)19-30-12-31-34(19)18-3-2-17(11-29-18)33-4-6-36-7-5-33/h2-3,8-13H,4-7H2,1H3,(H,32,35)/t13-/m0/s1. The highest BCUT2D eigenvalue weighted by Gasteiger charge is 2.37. The van der Waals surface area contributed by atoms with Crippen molar-refractivity contribution in [2.75, 3.05) is 31.2 Å². The molecule has 0 unspecified atom stereocenters. The van der Waals surface area contributed by atoms with Crippen molar-refractivity contribution >= 4 is 11.6 Å². The quantitative estimate of drug-likeness (QED) is 0.518. The Hall–Kier alpha value is -3.68. The molecule has 14 heteroatoms. The zero-order valence-corrected chi connectivity index (χ0v) is 18.8. The van der Waals surface area contributed by atoms with E-state index in [-0.39, 0.29) is 11.9 Å². The summed E-state index contributed by atoms with van der Waals surface area (Å²) in [6.45, 7) is 4.10. The molecule has 8 nitrogen and oxygen atoms in total. The van der Waals surface area contributed by atoms with E-state index in [4.69, 9.17) is 4.74 Å². The Morgan fingerprint density at radius 1 is 1.00 bits per heavy atom. The van der Waals surface area contributed by atoms with E-state index in [1.807, 2.05) is 6.07 Å². The van der Waals surface area contributed by atoms with Crippen LogP contribution in [0.4, 0.5) is 32.0 Å². The van der Waals surface area contributed by atoms with Crippen LogP contribution in [0.1, 0.15) is 40.3 Å². The van der Waals surface area contributed by atoms with Crippen LogP contribution in [-0.4, -0.2) is 52.0 Å². The number of rotatable bonds is 5. The first-order valence-electron chi connectivity index (χ1n) is 10.7. The second-order valence-corrected chi connectivity index (χ2v) is 7.99. The van der Waals surface area contributed by atoms with Crippen LogP contribution in [0.15, 0.2) is 42.9 Å². The summed E-state index contributed by atoms with van der Waals surface area (Å²) in [4.78, 5) is 23.2. The molecule has 2 aromatic heterocycles. The second-order valence-electron chi connectivity index (χ2n) is 7.99. The summed E-state index contributed by atoms with van der Waals surface area (Å²) in [7, 11) is 0. The fraction of sp³-hybridized carbons (Fsp3) is 0.364. The third-order valence-corrected chi connectivity index (χ3v) is 5.48. The predicted octanol–water partition coefficient (Wildman–Crippen LogP) is 4.03. The van der Waals surface area contributed by atoms with Crippen LogP contribution < -0.4 is 10.2 Å². The molecule has 0 radical (unpaired) electrons. The van der Waals surface area contributed by atoms with Crippen LogP contribution in [0.2, 0.25) is 0 Å². The van der Waals surface area contributed by atoms with Crippen LogP contribution in [0, 0.1) is 0 Å². The monoisotopic (exact) mass is 514 g/mol. The minimum Gasteiger partial charge on any atom is -0.378 e. The average molecular weight is 514 g/mol. The summed E-state index contributed by atoms with van der Waals surface area (Å²) in [6, 6.07) is 3.28. The van der Waals surface area contributed by atoms with Gasteiger partial charge < -0.3 is 15.0 Å². The molecule has 1 saturated heterocycles. The smallest absolute Gasteiger partial charge is 0.378 e. The normalized spacial score (nSPS) is 15.6. The van der Waals surface area contributed by atoms with Gasteiger partial charge in [0.25, 0.3) is 5.91 Å². The molecule has 1 aliphatic rings. The number of hydrogen-bond acceptors (Lipinski definition) is 6. The Kier molecular flexibility index (Phi) is 6.89. The van der Waals surface area contributed by atoms with Crippen LogP contribution in [-0.2, 0) is 17.1 Å². The van der Waals surface area contributed by atoms with E-state index in [1.54, 1.807) is 12.3 Å². The first-order chi connectivity index (χ1) is 16.9. The van der Waals surface area contributed by atoms with Crippen LogP contribution >= 0.6 is 0 Å². The molecule has 0 bridgehead atoms. The van der Waals surface area contributed by atoms with Crippen molar-refractivity contribution in [1.29, 1.82) is 0 Å².